The van der Waals surface area contributed by atoms with Gasteiger partial charge < -0.3 is 24.6 Å². The van der Waals surface area contributed by atoms with Gasteiger partial charge in [0.25, 0.3) is 0 Å². The second kappa shape index (κ2) is 7.79. The molecule has 0 aromatic heterocycles. The zero-order valence-corrected chi connectivity index (χ0v) is 11.2. The summed E-state index contributed by atoms with van der Waals surface area (Å²) in [6.45, 7) is 3.74. The number of para-hydroxylation sites is 1. The van der Waals surface area contributed by atoms with Crippen LogP contribution < -0.4 is 19.5 Å². The fourth-order valence-electron chi connectivity index (χ4n) is 1.56. The molecule has 0 unspecified atom stereocenters. The fraction of sp³-hybridized carbons (Fsp3) is 0.538. The van der Waals surface area contributed by atoms with Crippen LogP contribution >= 0.6 is 0 Å². The van der Waals surface area contributed by atoms with E-state index >= 15 is 0 Å². The Morgan fingerprint density at radius 1 is 1.22 bits per heavy atom. The Morgan fingerprint density at radius 2 is 1.83 bits per heavy atom. The number of aliphatic hydroxyl groups excluding tert-OH is 1. The van der Waals surface area contributed by atoms with Crippen LogP contribution in [0, 0.1) is 0 Å². The molecule has 0 aliphatic rings. The van der Waals surface area contributed by atoms with Crippen molar-refractivity contribution in [3.8, 4) is 17.2 Å². The van der Waals surface area contributed by atoms with Gasteiger partial charge in [0.1, 0.15) is 19.7 Å². The minimum Gasteiger partial charge on any atom is -0.493 e. The first-order valence-corrected chi connectivity index (χ1v) is 6.02. The van der Waals surface area contributed by atoms with Gasteiger partial charge in [-0.3, -0.25) is 0 Å². The fourth-order valence-corrected chi connectivity index (χ4v) is 1.56. The largest absolute Gasteiger partial charge is 0.493 e. The Bertz CT molecular complexity index is 333. The number of benzene rings is 1. The summed E-state index contributed by atoms with van der Waals surface area (Å²) in [5, 5.41) is 11.1. The van der Waals surface area contributed by atoms with Gasteiger partial charge in [0.15, 0.2) is 11.5 Å². The van der Waals surface area contributed by atoms with Gasteiger partial charge in [0.05, 0.1) is 20.3 Å². The Kier molecular flexibility index (Phi) is 6.32. The van der Waals surface area contributed by atoms with Gasteiger partial charge in [-0.2, -0.15) is 0 Å². The molecule has 5 nitrogen and oxygen atoms in total. The maximum Gasteiger partial charge on any atom is 0.203 e. The Morgan fingerprint density at radius 3 is 2.33 bits per heavy atom. The van der Waals surface area contributed by atoms with E-state index in [-0.39, 0.29) is 6.10 Å². The molecular weight excluding hydrogens is 234 g/mol. The third-order valence-corrected chi connectivity index (χ3v) is 2.46. The molecule has 1 aromatic rings. The average molecular weight is 256 g/mol. The van der Waals surface area contributed by atoms with Gasteiger partial charge in [-0.25, -0.2) is 0 Å². The molecule has 5 heteroatoms. The lowest BCUT2D eigenvalue weighted by Crippen LogP contribution is -2.87. The first-order chi connectivity index (χ1) is 8.69. The van der Waals surface area contributed by atoms with Crippen molar-refractivity contribution in [2.24, 2.45) is 0 Å². The normalized spacial score (nSPS) is 12.0. The Balaban J connectivity index is 2.50. The summed E-state index contributed by atoms with van der Waals surface area (Å²) in [4.78, 5) is 0. The quantitative estimate of drug-likeness (QED) is 0.644. The molecule has 3 N–H and O–H groups in total. The van der Waals surface area contributed by atoms with E-state index in [0.29, 0.717) is 30.4 Å². The van der Waals surface area contributed by atoms with E-state index < -0.39 is 0 Å². The summed E-state index contributed by atoms with van der Waals surface area (Å²) in [5.74, 6) is 1.93. The lowest BCUT2D eigenvalue weighted by atomic mass is 10.3. The number of ether oxygens (including phenoxy) is 3. The van der Waals surface area contributed by atoms with E-state index in [1.807, 2.05) is 23.5 Å². The second-order valence-corrected chi connectivity index (χ2v) is 4.00. The standard InChI is InChI=1S/C13H21NO4/c1-10(15)9-14-7-8-18-13-11(16-2)5-4-6-12(13)17-3/h4-6,10,14-15H,7-9H2,1-3H3/p+1/t10-/m1/s1. The molecule has 0 saturated heterocycles. The number of hydrogen-bond acceptors (Lipinski definition) is 4. The number of aliphatic hydroxyl groups is 1. The molecule has 0 spiro atoms. The summed E-state index contributed by atoms with van der Waals surface area (Å²) in [6.07, 6.45) is -0.300. The summed E-state index contributed by atoms with van der Waals surface area (Å²) >= 11 is 0. The van der Waals surface area contributed by atoms with Crippen LogP contribution in [-0.2, 0) is 0 Å². The number of rotatable bonds is 8. The predicted octanol–water partition coefficient (Wildman–Crippen LogP) is 0.0268. The maximum atomic E-state index is 9.12. The van der Waals surface area contributed by atoms with E-state index in [4.69, 9.17) is 19.3 Å². The molecule has 0 aliphatic heterocycles. The topological polar surface area (TPSA) is 64.5 Å². The minimum atomic E-state index is -0.300. The number of nitrogens with two attached hydrogens (primary N) is 1. The van der Waals surface area contributed by atoms with Crippen LogP contribution in [0.3, 0.4) is 0 Å². The molecule has 0 aliphatic carbocycles. The highest BCUT2D eigenvalue weighted by atomic mass is 16.5. The molecular formula is C13H22NO4+. The van der Waals surface area contributed by atoms with Crippen LogP contribution in [0.15, 0.2) is 18.2 Å². The molecule has 0 heterocycles. The van der Waals surface area contributed by atoms with Crippen molar-refractivity contribution in [1.29, 1.82) is 0 Å². The van der Waals surface area contributed by atoms with Crippen LogP contribution in [0.5, 0.6) is 17.2 Å². The summed E-state index contributed by atoms with van der Waals surface area (Å²) in [5.41, 5.74) is 0. The first-order valence-electron chi connectivity index (χ1n) is 6.02. The zero-order valence-electron chi connectivity index (χ0n) is 11.2. The van der Waals surface area contributed by atoms with E-state index in [2.05, 4.69) is 0 Å². The predicted molar refractivity (Wildman–Crippen MR) is 68.4 cm³/mol. The zero-order chi connectivity index (χ0) is 13.4. The highest BCUT2D eigenvalue weighted by Crippen LogP contribution is 2.36. The third kappa shape index (κ3) is 4.43. The van der Waals surface area contributed by atoms with Crippen LogP contribution in [-0.4, -0.2) is 45.1 Å². The lowest BCUT2D eigenvalue weighted by molar-refractivity contribution is -0.661. The van der Waals surface area contributed by atoms with Gasteiger partial charge in [-0.05, 0) is 19.1 Å². The van der Waals surface area contributed by atoms with Gasteiger partial charge in [0, 0.05) is 0 Å². The van der Waals surface area contributed by atoms with Gasteiger partial charge >= 0.3 is 0 Å². The number of quaternary nitrogens is 1. The van der Waals surface area contributed by atoms with Crippen molar-refractivity contribution in [3.63, 3.8) is 0 Å². The first kappa shape index (κ1) is 14.6. The van der Waals surface area contributed by atoms with E-state index in [0.717, 1.165) is 6.54 Å². The molecule has 0 amide bonds. The van der Waals surface area contributed by atoms with E-state index in [1.54, 1.807) is 21.1 Å². The monoisotopic (exact) mass is 256 g/mol. The molecule has 0 fully saturated rings. The van der Waals surface area contributed by atoms with Crippen molar-refractivity contribution in [3.05, 3.63) is 18.2 Å². The van der Waals surface area contributed by atoms with Crippen molar-refractivity contribution in [2.75, 3.05) is 33.9 Å². The molecule has 0 bridgehead atoms. The smallest absolute Gasteiger partial charge is 0.203 e. The molecule has 0 radical (unpaired) electrons. The molecule has 1 aromatic carbocycles. The van der Waals surface area contributed by atoms with Crippen molar-refractivity contribution < 1.29 is 24.6 Å². The van der Waals surface area contributed by atoms with Gasteiger partial charge in [-0.1, -0.05) is 6.07 Å². The molecule has 18 heavy (non-hydrogen) atoms. The van der Waals surface area contributed by atoms with Crippen molar-refractivity contribution in [2.45, 2.75) is 13.0 Å². The Hall–Kier alpha value is -1.46. The summed E-state index contributed by atoms with van der Waals surface area (Å²) in [7, 11) is 3.20. The van der Waals surface area contributed by atoms with Crippen molar-refractivity contribution >= 4 is 0 Å². The van der Waals surface area contributed by atoms with Crippen LogP contribution in [0.25, 0.3) is 0 Å². The second-order valence-electron chi connectivity index (χ2n) is 4.00. The molecule has 1 atom stereocenters. The lowest BCUT2D eigenvalue weighted by Gasteiger charge is -2.13. The molecule has 0 saturated carbocycles. The van der Waals surface area contributed by atoms with Crippen LogP contribution in [0.4, 0.5) is 0 Å². The summed E-state index contributed by atoms with van der Waals surface area (Å²) in [6, 6.07) is 5.51. The van der Waals surface area contributed by atoms with Gasteiger partial charge in [0.2, 0.25) is 5.75 Å². The number of hydrogen-bond donors (Lipinski definition) is 2. The molecule has 102 valence electrons. The molecule has 1 rings (SSSR count). The van der Waals surface area contributed by atoms with E-state index in [1.165, 1.54) is 0 Å². The highest BCUT2D eigenvalue weighted by molar-refractivity contribution is 5.51. The Labute approximate surface area is 108 Å². The maximum absolute atomic E-state index is 9.12. The summed E-state index contributed by atoms with van der Waals surface area (Å²) < 4.78 is 16.1. The van der Waals surface area contributed by atoms with Crippen LogP contribution in [0.2, 0.25) is 0 Å². The minimum absolute atomic E-state index is 0.300. The van der Waals surface area contributed by atoms with Crippen molar-refractivity contribution in [1.82, 2.24) is 0 Å². The average Bonchev–Trinajstić information content (AvgIpc) is 2.37. The third-order valence-electron chi connectivity index (χ3n) is 2.46. The highest BCUT2D eigenvalue weighted by Gasteiger charge is 2.11. The van der Waals surface area contributed by atoms with E-state index in [9.17, 15) is 0 Å². The number of methoxy groups -OCH3 is 2. The van der Waals surface area contributed by atoms with Crippen LogP contribution in [0.1, 0.15) is 6.92 Å². The SMILES string of the molecule is COc1cccc(OC)c1OCC[NH2+]C[C@@H](C)O. The van der Waals surface area contributed by atoms with Gasteiger partial charge in [-0.15, -0.1) is 0 Å².